The molecule has 0 bridgehead atoms. The molecule has 0 spiro atoms. The minimum atomic E-state index is 0.434. The van der Waals surface area contributed by atoms with Crippen molar-refractivity contribution >= 4 is 5.82 Å². The van der Waals surface area contributed by atoms with Gasteiger partial charge in [-0.2, -0.15) is 0 Å². The highest BCUT2D eigenvalue weighted by Gasteiger charge is 2.10. The summed E-state index contributed by atoms with van der Waals surface area (Å²) < 4.78 is 7.03. The Labute approximate surface area is 116 Å². The van der Waals surface area contributed by atoms with E-state index in [1.54, 1.807) is 4.68 Å². The van der Waals surface area contributed by atoms with E-state index < -0.39 is 0 Å². The van der Waals surface area contributed by atoms with Crippen LogP contribution in [0.5, 0.6) is 0 Å². The normalized spacial score (nSPS) is 10.9. The minimum absolute atomic E-state index is 0.434. The van der Waals surface area contributed by atoms with Gasteiger partial charge in [0.25, 0.3) is 0 Å². The summed E-state index contributed by atoms with van der Waals surface area (Å²) >= 11 is 0. The van der Waals surface area contributed by atoms with Gasteiger partial charge in [-0.05, 0) is 13.8 Å². The van der Waals surface area contributed by atoms with E-state index in [2.05, 4.69) is 22.4 Å². The first-order valence-corrected chi connectivity index (χ1v) is 6.31. The number of aromatic nitrogens is 4. The summed E-state index contributed by atoms with van der Waals surface area (Å²) in [4.78, 5) is 0. The average molecular weight is 269 g/mol. The summed E-state index contributed by atoms with van der Waals surface area (Å²) in [5.74, 6) is 1.15. The van der Waals surface area contributed by atoms with E-state index in [-0.39, 0.29) is 0 Å². The minimum Gasteiger partial charge on any atom is -0.381 e. The highest BCUT2D eigenvalue weighted by atomic mass is 16.5. The zero-order valence-electron chi connectivity index (χ0n) is 11.4. The predicted molar refractivity (Wildman–Crippen MR) is 74.9 cm³/mol. The highest BCUT2D eigenvalue weighted by Crippen LogP contribution is 2.20. The molecule has 0 radical (unpaired) electrons. The van der Waals surface area contributed by atoms with Gasteiger partial charge < -0.3 is 10.3 Å². The number of nitrogen functional groups attached to an aromatic ring is 1. The van der Waals surface area contributed by atoms with Gasteiger partial charge in [0.05, 0.1) is 5.69 Å². The number of nitrogens with two attached hydrogens (primary N) is 1. The maximum atomic E-state index is 5.66. The van der Waals surface area contributed by atoms with Crippen LogP contribution in [0.3, 0.4) is 0 Å². The van der Waals surface area contributed by atoms with Crippen LogP contribution in [0.25, 0.3) is 11.3 Å². The Bertz CT molecular complexity index is 726. The van der Waals surface area contributed by atoms with Crippen molar-refractivity contribution in [1.29, 1.82) is 0 Å². The summed E-state index contributed by atoms with van der Waals surface area (Å²) in [5, 5.41) is 11.9. The van der Waals surface area contributed by atoms with Gasteiger partial charge in [0.2, 0.25) is 0 Å². The maximum absolute atomic E-state index is 5.66. The third-order valence-corrected chi connectivity index (χ3v) is 3.23. The molecule has 0 saturated heterocycles. The Morgan fingerprint density at radius 2 is 1.95 bits per heavy atom. The number of benzene rings is 1. The van der Waals surface area contributed by atoms with E-state index in [9.17, 15) is 0 Å². The molecule has 0 amide bonds. The molecule has 3 aromatic rings. The molecule has 2 N–H and O–H groups in total. The summed E-state index contributed by atoms with van der Waals surface area (Å²) in [7, 11) is 0. The molecule has 2 heterocycles. The number of anilines is 1. The topological polar surface area (TPSA) is 82.8 Å². The number of rotatable bonds is 3. The predicted octanol–water partition coefficient (Wildman–Crippen LogP) is 2.18. The van der Waals surface area contributed by atoms with Gasteiger partial charge in [0.15, 0.2) is 11.6 Å². The smallest absolute Gasteiger partial charge is 0.168 e. The zero-order valence-corrected chi connectivity index (χ0v) is 11.4. The second-order valence-corrected chi connectivity index (χ2v) is 4.76. The fourth-order valence-electron chi connectivity index (χ4n) is 1.92. The van der Waals surface area contributed by atoms with Crippen LogP contribution in [-0.2, 0) is 6.54 Å². The molecule has 2 aromatic heterocycles. The van der Waals surface area contributed by atoms with Crippen LogP contribution in [0.2, 0.25) is 0 Å². The summed E-state index contributed by atoms with van der Waals surface area (Å²) in [6.07, 6.45) is 0. The van der Waals surface area contributed by atoms with Crippen molar-refractivity contribution in [2.45, 2.75) is 20.4 Å². The Kier molecular flexibility index (Phi) is 2.98. The van der Waals surface area contributed by atoms with Crippen molar-refractivity contribution in [3.8, 4) is 11.3 Å². The first-order chi connectivity index (χ1) is 9.63. The third-order valence-electron chi connectivity index (χ3n) is 3.23. The van der Waals surface area contributed by atoms with E-state index in [1.807, 2.05) is 37.3 Å². The van der Waals surface area contributed by atoms with Gasteiger partial charge in [-0.3, -0.25) is 0 Å². The molecule has 0 atom stereocenters. The van der Waals surface area contributed by atoms with Crippen molar-refractivity contribution in [3.05, 3.63) is 47.3 Å². The van der Waals surface area contributed by atoms with Crippen molar-refractivity contribution < 1.29 is 4.52 Å². The number of nitrogens with zero attached hydrogens (tertiary/aromatic N) is 4. The fraction of sp³-hybridized carbons (Fsp3) is 0.214. The molecular formula is C14H15N5O. The Morgan fingerprint density at radius 1 is 1.20 bits per heavy atom. The van der Waals surface area contributed by atoms with Crippen molar-refractivity contribution in [1.82, 2.24) is 20.2 Å². The van der Waals surface area contributed by atoms with Crippen LogP contribution < -0.4 is 5.73 Å². The summed E-state index contributed by atoms with van der Waals surface area (Å²) in [6, 6.07) is 10.0. The SMILES string of the molecule is Cc1ccc(-c2cc(Cn3nnc(N)c3C)on2)cc1. The van der Waals surface area contributed by atoms with E-state index in [1.165, 1.54) is 5.56 Å². The Balaban J connectivity index is 1.83. The van der Waals surface area contributed by atoms with E-state index in [0.717, 1.165) is 17.0 Å². The van der Waals surface area contributed by atoms with Crippen LogP contribution in [-0.4, -0.2) is 20.2 Å². The second kappa shape index (κ2) is 4.80. The lowest BCUT2D eigenvalue weighted by molar-refractivity contribution is 0.370. The third kappa shape index (κ3) is 2.27. The van der Waals surface area contributed by atoms with Gasteiger partial charge in [-0.15, -0.1) is 5.10 Å². The fourth-order valence-corrected chi connectivity index (χ4v) is 1.92. The summed E-state index contributed by atoms with van der Waals surface area (Å²) in [5.41, 5.74) is 9.53. The lowest BCUT2D eigenvalue weighted by Crippen LogP contribution is -2.03. The Morgan fingerprint density at radius 3 is 2.60 bits per heavy atom. The molecule has 0 aliphatic carbocycles. The lowest BCUT2D eigenvalue weighted by atomic mass is 10.1. The van der Waals surface area contributed by atoms with Gasteiger partial charge in [0, 0.05) is 11.6 Å². The first kappa shape index (κ1) is 12.4. The Hall–Kier alpha value is -2.63. The van der Waals surface area contributed by atoms with E-state index in [4.69, 9.17) is 10.3 Å². The molecule has 6 heteroatoms. The summed E-state index contributed by atoms with van der Waals surface area (Å²) in [6.45, 7) is 4.39. The monoisotopic (exact) mass is 269 g/mol. The van der Waals surface area contributed by atoms with Crippen LogP contribution in [0, 0.1) is 13.8 Å². The van der Waals surface area contributed by atoms with Gasteiger partial charge in [-0.25, -0.2) is 4.68 Å². The number of aryl methyl sites for hydroxylation is 1. The molecule has 0 aliphatic heterocycles. The lowest BCUT2D eigenvalue weighted by Gasteiger charge is -1.98. The molecule has 102 valence electrons. The zero-order chi connectivity index (χ0) is 14.1. The standard InChI is InChI=1S/C14H15N5O/c1-9-3-5-11(6-4-9)13-7-12(20-17-13)8-19-10(2)14(15)16-18-19/h3-7H,8,15H2,1-2H3. The van der Waals surface area contributed by atoms with E-state index >= 15 is 0 Å². The molecule has 0 saturated carbocycles. The molecule has 1 aromatic carbocycles. The van der Waals surface area contributed by atoms with Gasteiger partial charge in [-0.1, -0.05) is 40.2 Å². The van der Waals surface area contributed by atoms with Crippen LogP contribution >= 0.6 is 0 Å². The van der Waals surface area contributed by atoms with Gasteiger partial charge >= 0.3 is 0 Å². The van der Waals surface area contributed by atoms with Crippen LogP contribution in [0.15, 0.2) is 34.9 Å². The number of hydrogen-bond donors (Lipinski definition) is 1. The number of hydrogen-bond acceptors (Lipinski definition) is 5. The highest BCUT2D eigenvalue weighted by molar-refractivity contribution is 5.59. The average Bonchev–Trinajstić information content (AvgIpc) is 3.02. The molecule has 0 unspecified atom stereocenters. The van der Waals surface area contributed by atoms with Crippen LogP contribution in [0.4, 0.5) is 5.82 Å². The van der Waals surface area contributed by atoms with Crippen molar-refractivity contribution in [3.63, 3.8) is 0 Å². The molecule has 6 nitrogen and oxygen atoms in total. The van der Waals surface area contributed by atoms with Gasteiger partial charge in [0.1, 0.15) is 12.2 Å². The quantitative estimate of drug-likeness (QED) is 0.788. The van der Waals surface area contributed by atoms with Crippen molar-refractivity contribution in [2.24, 2.45) is 0 Å². The molecule has 0 fully saturated rings. The molecule has 3 rings (SSSR count). The second-order valence-electron chi connectivity index (χ2n) is 4.76. The molecule has 20 heavy (non-hydrogen) atoms. The largest absolute Gasteiger partial charge is 0.381 e. The van der Waals surface area contributed by atoms with Crippen LogP contribution in [0.1, 0.15) is 17.0 Å². The first-order valence-electron chi connectivity index (χ1n) is 6.31. The van der Waals surface area contributed by atoms with E-state index in [0.29, 0.717) is 18.1 Å². The van der Waals surface area contributed by atoms with Crippen molar-refractivity contribution in [2.75, 3.05) is 5.73 Å². The maximum Gasteiger partial charge on any atom is 0.168 e. The molecular weight excluding hydrogens is 254 g/mol. The molecule has 0 aliphatic rings.